The van der Waals surface area contributed by atoms with Crippen LogP contribution in [0, 0.1) is 10.1 Å². The molecule has 6 nitrogen and oxygen atoms in total. The van der Waals surface area contributed by atoms with E-state index in [0.717, 1.165) is 6.07 Å². The zero-order valence-corrected chi connectivity index (χ0v) is 10.6. The van der Waals surface area contributed by atoms with Crippen LogP contribution in [-0.4, -0.2) is 22.5 Å². The molecule has 0 aliphatic carbocycles. The molecule has 0 atom stereocenters. The molecular weight excluding hydrogens is 318 g/mol. The molecule has 0 amide bonds. The van der Waals surface area contributed by atoms with Crippen LogP contribution in [0.5, 0.6) is 0 Å². The van der Waals surface area contributed by atoms with Crippen LogP contribution in [0.3, 0.4) is 0 Å². The Hall–Kier alpha value is -1.64. The van der Waals surface area contributed by atoms with Gasteiger partial charge in [-0.2, -0.15) is 0 Å². The summed E-state index contributed by atoms with van der Waals surface area (Å²) in [7, 11) is 0. The van der Waals surface area contributed by atoms with Crippen molar-refractivity contribution in [2.24, 2.45) is 0 Å². The molecule has 0 aliphatic rings. The molecule has 0 unspecified atom stereocenters. The second-order valence-corrected chi connectivity index (χ2v) is 3.86. The van der Waals surface area contributed by atoms with Crippen LogP contribution >= 0.6 is 15.9 Å². The van der Waals surface area contributed by atoms with E-state index in [-0.39, 0.29) is 11.1 Å². The molecule has 0 aliphatic heterocycles. The summed E-state index contributed by atoms with van der Waals surface area (Å²) < 4.78 is 29.4. The Labute approximate surface area is 108 Å². The average Bonchev–Trinajstić information content (AvgIpc) is 2.28. The molecular formula is C9H7BrF2N2O4. The Morgan fingerprint density at radius 1 is 1.67 bits per heavy atom. The van der Waals surface area contributed by atoms with Crippen molar-refractivity contribution in [2.45, 2.75) is 13.3 Å². The number of carbonyl (C=O) groups excluding carboxylic acids is 1. The highest BCUT2D eigenvalue weighted by molar-refractivity contribution is 9.10. The molecule has 0 spiro atoms. The minimum atomic E-state index is -2.96. The van der Waals surface area contributed by atoms with Crippen molar-refractivity contribution in [3.8, 4) is 0 Å². The van der Waals surface area contributed by atoms with Gasteiger partial charge in [-0.3, -0.25) is 10.1 Å². The number of halogens is 3. The van der Waals surface area contributed by atoms with Gasteiger partial charge in [0.15, 0.2) is 0 Å². The molecule has 0 saturated heterocycles. The second-order valence-electron chi connectivity index (χ2n) is 3.00. The molecule has 1 heterocycles. The Morgan fingerprint density at radius 3 is 2.72 bits per heavy atom. The first-order valence-corrected chi connectivity index (χ1v) is 5.47. The topological polar surface area (TPSA) is 82.3 Å². The maximum atomic E-state index is 12.6. The molecule has 0 radical (unpaired) electrons. The number of ether oxygens (including phenoxy) is 1. The molecule has 0 bridgehead atoms. The number of carbonyl (C=O) groups is 1. The Kier molecular flexibility index (Phi) is 4.65. The van der Waals surface area contributed by atoms with Crippen LogP contribution in [0.1, 0.15) is 29.5 Å². The SMILES string of the molecule is CCOC(=O)c1nc(C(F)F)c(Br)cc1[N+](=O)[O-]. The van der Waals surface area contributed by atoms with E-state index in [4.69, 9.17) is 0 Å². The number of rotatable bonds is 4. The average molecular weight is 325 g/mol. The summed E-state index contributed by atoms with van der Waals surface area (Å²) in [6, 6.07) is 0.806. The van der Waals surface area contributed by atoms with Gasteiger partial charge in [0.2, 0.25) is 5.69 Å². The maximum Gasteiger partial charge on any atom is 0.364 e. The van der Waals surface area contributed by atoms with Crippen molar-refractivity contribution < 1.29 is 23.2 Å². The van der Waals surface area contributed by atoms with Gasteiger partial charge in [0.05, 0.1) is 16.0 Å². The van der Waals surface area contributed by atoms with Gasteiger partial charge in [0.25, 0.3) is 6.43 Å². The molecule has 1 rings (SSSR count). The molecule has 0 saturated carbocycles. The number of esters is 1. The summed E-state index contributed by atoms with van der Waals surface area (Å²) >= 11 is 2.74. The fraction of sp³-hybridized carbons (Fsp3) is 0.333. The first kappa shape index (κ1) is 14.4. The minimum absolute atomic E-state index is 0.0439. The molecule has 0 aromatic carbocycles. The fourth-order valence-corrected chi connectivity index (χ4v) is 1.61. The van der Waals surface area contributed by atoms with Gasteiger partial charge in [0, 0.05) is 6.07 Å². The lowest BCUT2D eigenvalue weighted by atomic mass is 10.2. The highest BCUT2D eigenvalue weighted by atomic mass is 79.9. The zero-order valence-electron chi connectivity index (χ0n) is 9.02. The highest BCUT2D eigenvalue weighted by Gasteiger charge is 2.28. The van der Waals surface area contributed by atoms with Gasteiger partial charge in [-0.25, -0.2) is 18.6 Å². The number of aromatic nitrogens is 1. The van der Waals surface area contributed by atoms with Crippen LogP contribution in [0.25, 0.3) is 0 Å². The van der Waals surface area contributed by atoms with E-state index in [1.807, 2.05) is 0 Å². The van der Waals surface area contributed by atoms with Crippen LogP contribution in [-0.2, 0) is 4.74 Å². The number of nitro groups is 1. The summed E-state index contributed by atoms with van der Waals surface area (Å²) in [5.41, 5.74) is -2.17. The number of alkyl halides is 2. The van der Waals surface area contributed by atoms with Gasteiger partial charge in [-0.1, -0.05) is 0 Å². The highest BCUT2D eigenvalue weighted by Crippen LogP contribution is 2.30. The van der Waals surface area contributed by atoms with Gasteiger partial charge in [0.1, 0.15) is 5.69 Å². The van der Waals surface area contributed by atoms with Gasteiger partial charge in [-0.05, 0) is 22.9 Å². The van der Waals surface area contributed by atoms with Crippen molar-refractivity contribution in [3.63, 3.8) is 0 Å². The summed E-state index contributed by atoms with van der Waals surface area (Å²) in [5, 5.41) is 10.7. The van der Waals surface area contributed by atoms with Crippen LogP contribution in [0.15, 0.2) is 10.5 Å². The molecule has 18 heavy (non-hydrogen) atoms. The zero-order chi connectivity index (χ0) is 13.9. The Morgan fingerprint density at radius 2 is 2.28 bits per heavy atom. The van der Waals surface area contributed by atoms with Crippen molar-refractivity contribution in [3.05, 3.63) is 32.0 Å². The van der Waals surface area contributed by atoms with Crippen LogP contribution in [0.2, 0.25) is 0 Å². The lowest BCUT2D eigenvalue weighted by molar-refractivity contribution is -0.385. The lowest BCUT2D eigenvalue weighted by Gasteiger charge is -2.06. The van der Waals surface area contributed by atoms with Crippen molar-refractivity contribution in [2.75, 3.05) is 6.61 Å². The first-order valence-electron chi connectivity index (χ1n) is 4.68. The van der Waals surface area contributed by atoms with Crippen molar-refractivity contribution in [1.29, 1.82) is 0 Å². The second kappa shape index (κ2) is 5.80. The Balaban J connectivity index is 3.40. The largest absolute Gasteiger partial charge is 0.461 e. The van der Waals surface area contributed by atoms with E-state index in [2.05, 4.69) is 25.7 Å². The standard InChI is InChI=1S/C9H7BrF2N2O4/c1-2-18-9(15)7-5(14(16)17)3-4(10)6(13-7)8(11)12/h3,8H,2H2,1H3. The third kappa shape index (κ3) is 2.97. The molecule has 0 fully saturated rings. The van der Waals surface area contributed by atoms with Gasteiger partial charge >= 0.3 is 11.7 Å². The number of hydrogen-bond acceptors (Lipinski definition) is 5. The monoisotopic (exact) mass is 324 g/mol. The normalized spacial score (nSPS) is 10.5. The third-order valence-electron chi connectivity index (χ3n) is 1.86. The van der Waals surface area contributed by atoms with Crippen LogP contribution < -0.4 is 0 Å². The summed E-state index contributed by atoms with van der Waals surface area (Å²) in [4.78, 5) is 24.5. The minimum Gasteiger partial charge on any atom is -0.461 e. The van der Waals surface area contributed by atoms with Gasteiger partial charge in [-0.15, -0.1) is 0 Å². The number of pyridine rings is 1. The lowest BCUT2D eigenvalue weighted by Crippen LogP contribution is -2.12. The van der Waals surface area contributed by atoms with E-state index in [1.165, 1.54) is 6.92 Å². The summed E-state index contributed by atoms with van der Waals surface area (Å²) in [6.45, 7) is 1.44. The predicted octanol–water partition coefficient (Wildman–Crippen LogP) is 2.87. The van der Waals surface area contributed by atoms with Crippen molar-refractivity contribution >= 4 is 27.6 Å². The van der Waals surface area contributed by atoms with E-state index in [1.54, 1.807) is 0 Å². The summed E-state index contributed by atoms with van der Waals surface area (Å²) in [6.07, 6.45) is -2.96. The van der Waals surface area contributed by atoms with E-state index in [9.17, 15) is 23.7 Å². The predicted molar refractivity (Wildman–Crippen MR) is 59.5 cm³/mol. The quantitative estimate of drug-likeness (QED) is 0.483. The number of nitrogens with zero attached hydrogens (tertiary/aromatic N) is 2. The smallest absolute Gasteiger partial charge is 0.364 e. The summed E-state index contributed by atoms with van der Waals surface area (Å²) in [5.74, 6) is -1.11. The van der Waals surface area contributed by atoms with Gasteiger partial charge < -0.3 is 4.74 Å². The Bertz CT molecular complexity index is 496. The van der Waals surface area contributed by atoms with E-state index in [0.29, 0.717) is 0 Å². The van der Waals surface area contributed by atoms with Crippen molar-refractivity contribution in [1.82, 2.24) is 4.98 Å². The van der Waals surface area contributed by atoms with Crippen LogP contribution in [0.4, 0.5) is 14.5 Å². The maximum absolute atomic E-state index is 12.6. The molecule has 0 N–H and O–H groups in total. The van der Waals surface area contributed by atoms with E-state index >= 15 is 0 Å². The molecule has 1 aromatic rings. The first-order chi connectivity index (χ1) is 8.38. The molecule has 9 heteroatoms. The molecule has 98 valence electrons. The fourth-order valence-electron chi connectivity index (χ4n) is 1.14. The third-order valence-corrected chi connectivity index (χ3v) is 2.49. The molecule has 1 aromatic heterocycles. The number of hydrogen-bond donors (Lipinski definition) is 0. The van der Waals surface area contributed by atoms with E-state index < -0.39 is 34.4 Å².